The first kappa shape index (κ1) is 22.4. The van der Waals surface area contributed by atoms with Crippen LogP contribution in [0.2, 0.25) is 0 Å². The molecule has 2 aromatic rings. The van der Waals surface area contributed by atoms with Gasteiger partial charge in [0.05, 0.1) is 0 Å². The SMILES string of the molecule is CCCNC(=O)[C@H](C)N(Cc1ccc(F)cc1)C(=O)COc1ccc(C)c(C)c1. The fourth-order valence-electron chi connectivity index (χ4n) is 2.80. The largest absolute Gasteiger partial charge is 0.484 e. The molecule has 5 nitrogen and oxygen atoms in total. The first-order valence-corrected chi connectivity index (χ1v) is 9.83. The third-order valence-electron chi connectivity index (χ3n) is 4.82. The zero-order valence-corrected chi connectivity index (χ0v) is 17.5. The third-order valence-corrected chi connectivity index (χ3v) is 4.82. The van der Waals surface area contributed by atoms with E-state index < -0.39 is 6.04 Å². The average Bonchev–Trinajstić information content (AvgIpc) is 2.71. The summed E-state index contributed by atoms with van der Waals surface area (Å²) in [5.41, 5.74) is 2.95. The number of rotatable bonds is 9. The second-order valence-electron chi connectivity index (χ2n) is 7.15. The fraction of sp³-hybridized carbons (Fsp3) is 0.391. The van der Waals surface area contributed by atoms with E-state index in [1.54, 1.807) is 19.1 Å². The van der Waals surface area contributed by atoms with Crippen LogP contribution in [-0.2, 0) is 16.1 Å². The molecule has 6 heteroatoms. The average molecular weight is 400 g/mol. The molecule has 29 heavy (non-hydrogen) atoms. The minimum Gasteiger partial charge on any atom is -0.484 e. The van der Waals surface area contributed by atoms with Crippen LogP contribution >= 0.6 is 0 Å². The zero-order valence-electron chi connectivity index (χ0n) is 17.5. The Kier molecular flexibility index (Phi) is 8.19. The second kappa shape index (κ2) is 10.6. The molecule has 0 spiro atoms. The molecule has 0 heterocycles. The molecule has 0 aliphatic rings. The minimum absolute atomic E-state index is 0.185. The fourth-order valence-corrected chi connectivity index (χ4v) is 2.80. The molecule has 1 atom stereocenters. The van der Waals surface area contributed by atoms with Gasteiger partial charge in [-0.15, -0.1) is 0 Å². The van der Waals surface area contributed by atoms with Gasteiger partial charge in [0.1, 0.15) is 17.6 Å². The van der Waals surface area contributed by atoms with Crippen molar-refractivity contribution in [2.75, 3.05) is 13.2 Å². The lowest BCUT2D eigenvalue weighted by Gasteiger charge is -2.28. The molecular formula is C23H29FN2O3. The Labute approximate surface area is 171 Å². The first-order chi connectivity index (χ1) is 13.8. The molecule has 0 fully saturated rings. The summed E-state index contributed by atoms with van der Waals surface area (Å²) in [4.78, 5) is 26.8. The molecule has 0 aromatic heterocycles. The first-order valence-electron chi connectivity index (χ1n) is 9.83. The summed E-state index contributed by atoms with van der Waals surface area (Å²) in [5, 5.41) is 2.82. The highest BCUT2D eigenvalue weighted by Gasteiger charge is 2.26. The van der Waals surface area contributed by atoms with Crippen molar-refractivity contribution >= 4 is 11.8 Å². The summed E-state index contributed by atoms with van der Waals surface area (Å²) in [6.45, 7) is 8.18. The van der Waals surface area contributed by atoms with E-state index in [9.17, 15) is 14.0 Å². The number of ether oxygens (including phenoxy) is 1. The number of aryl methyl sites for hydroxylation is 2. The van der Waals surface area contributed by atoms with Gasteiger partial charge in [-0.1, -0.05) is 25.1 Å². The standard InChI is InChI=1S/C23H29FN2O3/c1-5-12-25-23(28)18(4)26(14-19-7-9-20(24)10-8-19)22(27)15-29-21-11-6-16(2)17(3)13-21/h6-11,13,18H,5,12,14-15H2,1-4H3,(H,25,28)/t18-/m0/s1. The van der Waals surface area contributed by atoms with Gasteiger partial charge in [-0.3, -0.25) is 9.59 Å². The highest BCUT2D eigenvalue weighted by molar-refractivity contribution is 5.87. The van der Waals surface area contributed by atoms with E-state index in [0.717, 1.165) is 23.1 Å². The maximum atomic E-state index is 13.2. The summed E-state index contributed by atoms with van der Waals surface area (Å²) in [7, 11) is 0. The van der Waals surface area contributed by atoms with E-state index in [1.807, 2.05) is 39.0 Å². The molecule has 156 valence electrons. The Morgan fingerprint density at radius 1 is 1.10 bits per heavy atom. The van der Waals surface area contributed by atoms with Crippen LogP contribution in [-0.4, -0.2) is 35.9 Å². The maximum Gasteiger partial charge on any atom is 0.261 e. The van der Waals surface area contributed by atoms with Crippen molar-refractivity contribution in [3.63, 3.8) is 0 Å². The summed E-state index contributed by atoms with van der Waals surface area (Å²) in [5.74, 6) is -0.287. The van der Waals surface area contributed by atoms with Gasteiger partial charge in [0.25, 0.3) is 5.91 Å². The lowest BCUT2D eigenvalue weighted by Crippen LogP contribution is -2.49. The van der Waals surface area contributed by atoms with Crippen LogP contribution in [0.25, 0.3) is 0 Å². The highest BCUT2D eigenvalue weighted by atomic mass is 19.1. The van der Waals surface area contributed by atoms with Gasteiger partial charge in [-0.2, -0.15) is 0 Å². The van der Waals surface area contributed by atoms with Gasteiger partial charge in [0.15, 0.2) is 6.61 Å². The number of halogens is 1. The van der Waals surface area contributed by atoms with Crippen molar-refractivity contribution in [3.8, 4) is 5.75 Å². The van der Waals surface area contributed by atoms with Crippen LogP contribution in [0.3, 0.4) is 0 Å². The second-order valence-corrected chi connectivity index (χ2v) is 7.15. The van der Waals surface area contributed by atoms with E-state index in [1.165, 1.54) is 17.0 Å². The molecule has 0 aliphatic carbocycles. The number of carbonyl (C=O) groups is 2. The van der Waals surface area contributed by atoms with E-state index in [0.29, 0.717) is 12.3 Å². The van der Waals surface area contributed by atoms with Crippen LogP contribution in [0.15, 0.2) is 42.5 Å². The Bertz CT molecular complexity index is 837. The summed E-state index contributed by atoms with van der Waals surface area (Å²) in [6.07, 6.45) is 0.806. The minimum atomic E-state index is -0.678. The van der Waals surface area contributed by atoms with Gasteiger partial charge in [-0.25, -0.2) is 4.39 Å². The number of hydrogen-bond acceptors (Lipinski definition) is 3. The molecule has 0 aliphatic heterocycles. The molecular weight excluding hydrogens is 371 g/mol. The molecule has 0 radical (unpaired) electrons. The van der Waals surface area contributed by atoms with Gasteiger partial charge in [0.2, 0.25) is 5.91 Å². The van der Waals surface area contributed by atoms with Gasteiger partial charge in [-0.05, 0) is 68.1 Å². The number of benzene rings is 2. The van der Waals surface area contributed by atoms with Crippen LogP contribution in [0.1, 0.15) is 37.0 Å². The Balaban J connectivity index is 2.13. The zero-order chi connectivity index (χ0) is 21.4. The van der Waals surface area contributed by atoms with E-state index in [2.05, 4.69) is 5.32 Å². The lowest BCUT2D eigenvalue weighted by atomic mass is 10.1. The molecule has 0 saturated heterocycles. The Morgan fingerprint density at radius 3 is 2.41 bits per heavy atom. The normalized spacial score (nSPS) is 11.6. The summed E-state index contributed by atoms with van der Waals surface area (Å²) < 4.78 is 18.9. The highest BCUT2D eigenvalue weighted by Crippen LogP contribution is 2.17. The number of carbonyl (C=O) groups excluding carboxylic acids is 2. The van der Waals surface area contributed by atoms with Crippen molar-refractivity contribution < 1.29 is 18.7 Å². The predicted octanol–water partition coefficient (Wildman–Crippen LogP) is 3.76. The number of nitrogens with zero attached hydrogens (tertiary/aromatic N) is 1. The molecule has 0 bridgehead atoms. The third kappa shape index (κ3) is 6.59. The van der Waals surface area contributed by atoms with Crippen molar-refractivity contribution in [2.45, 2.75) is 46.7 Å². The smallest absolute Gasteiger partial charge is 0.261 e. The van der Waals surface area contributed by atoms with Crippen LogP contribution in [0.4, 0.5) is 4.39 Å². The van der Waals surface area contributed by atoms with Crippen molar-refractivity contribution in [2.24, 2.45) is 0 Å². The van der Waals surface area contributed by atoms with Gasteiger partial charge < -0.3 is 15.0 Å². The summed E-state index contributed by atoms with van der Waals surface area (Å²) in [6, 6.07) is 10.8. The monoisotopic (exact) mass is 400 g/mol. The number of amides is 2. The number of hydrogen-bond donors (Lipinski definition) is 1. The maximum absolute atomic E-state index is 13.2. The van der Waals surface area contributed by atoms with Gasteiger partial charge in [0, 0.05) is 13.1 Å². The quantitative estimate of drug-likeness (QED) is 0.697. The lowest BCUT2D eigenvalue weighted by molar-refractivity contribution is -0.142. The van der Waals surface area contributed by atoms with Crippen LogP contribution in [0.5, 0.6) is 5.75 Å². The van der Waals surface area contributed by atoms with Crippen LogP contribution < -0.4 is 10.1 Å². The molecule has 0 unspecified atom stereocenters. The van der Waals surface area contributed by atoms with Crippen molar-refractivity contribution in [1.82, 2.24) is 10.2 Å². The molecule has 2 aromatic carbocycles. The van der Waals surface area contributed by atoms with E-state index in [-0.39, 0.29) is 30.8 Å². The number of nitrogens with one attached hydrogen (secondary N) is 1. The molecule has 2 amide bonds. The van der Waals surface area contributed by atoms with Crippen molar-refractivity contribution in [3.05, 3.63) is 65.0 Å². The predicted molar refractivity (Wildman–Crippen MR) is 111 cm³/mol. The van der Waals surface area contributed by atoms with E-state index in [4.69, 9.17) is 4.74 Å². The topological polar surface area (TPSA) is 58.6 Å². The molecule has 2 rings (SSSR count). The summed E-state index contributed by atoms with van der Waals surface area (Å²) >= 11 is 0. The Morgan fingerprint density at radius 2 is 1.79 bits per heavy atom. The Hall–Kier alpha value is -2.89. The van der Waals surface area contributed by atoms with E-state index >= 15 is 0 Å². The van der Waals surface area contributed by atoms with Gasteiger partial charge >= 0.3 is 0 Å². The molecule has 0 saturated carbocycles. The van der Waals surface area contributed by atoms with Crippen LogP contribution in [0, 0.1) is 19.7 Å². The van der Waals surface area contributed by atoms with Crippen molar-refractivity contribution in [1.29, 1.82) is 0 Å². The molecule has 1 N–H and O–H groups in total.